The van der Waals surface area contributed by atoms with Gasteiger partial charge in [0.2, 0.25) is 0 Å². The lowest BCUT2D eigenvalue weighted by Crippen LogP contribution is -2.16. The van der Waals surface area contributed by atoms with Crippen molar-refractivity contribution in [1.29, 1.82) is 0 Å². The molecular formula is C14H15ClN4S. The quantitative estimate of drug-likeness (QED) is 0.693. The van der Waals surface area contributed by atoms with Gasteiger partial charge >= 0.3 is 0 Å². The number of aryl methyl sites for hydroxylation is 1. The lowest BCUT2D eigenvalue weighted by atomic mass is 10.3. The standard InChI is InChI=1S/C14H15ClN4S/c1-18(7-10-6-16-19(2)8-10)9-11-5-12-13(20-11)3-4-14(15)17-12/h3-6,8H,7,9H2,1-2H3. The van der Waals surface area contributed by atoms with E-state index in [4.69, 9.17) is 11.6 Å². The van der Waals surface area contributed by atoms with E-state index in [1.807, 2.05) is 36.3 Å². The average Bonchev–Trinajstić information content (AvgIpc) is 2.94. The fourth-order valence-corrected chi connectivity index (χ4v) is 3.45. The van der Waals surface area contributed by atoms with E-state index in [0.717, 1.165) is 18.6 Å². The summed E-state index contributed by atoms with van der Waals surface area (Å²) in [6, 6.07) is 5.98. The smallest absolute Gasteiger partial charge is 0.129 e. The van der Waals surface area contributed by atoms with Crippen molar-refractivity contribution in [1.82, 2.24) is 19.7 Å². The minimum absolute atomic E-state index is 0.547. The highest BCUT2D eigenvalue weighted by Crippen LogP contribution is 2.26. The van der Waals surface area contributed by atoms with Crippen LogP contribution in [0, 0.1) is 0 Å². The van der Waals surface area contributed by atoms with Crippen LogP contribution in [0.2, 0.25) is 5.15 Å². The van der Waals surface area contributed by atoms with Gasteiger partial charge in [-0.3, -0.25) is 9.58 Å². The number of fused-ring (bicyclic) bond motifs is 1. The maximum atomic E-state index is 5.92. The molecule has 0 atom stereocenters. The van der Waals surface area contributed by atoms with Crippen LogP contribution in [-0.4, -0.2) is 26.7 Å². The van der Waals surface area contributed by atoms with Gasteiger partial charge in [0.1, 0.15) is 5.15 Å². The van der Waals surface area contributed by atoms with Gasteiger partial charge in [-0.25, -0.2) is 4.98 Å². The normalized spacial score (nSPS) is 11.6. The molecule has 0 aliphatic carbocycles. The lowest BCUT2D eigenvalue weighted by molar-refractivity contribution is 0.322. The fourth-order valence-electron chi connectivity index (χ4n) is 2.22. The van der Waals surface area contributed by atoms with Crippen LogP contribution in [0.1, 0.15) is 10.4 Å². The summed E-state index contributed by atoms with van der Waals surface area (Å²) in [5.74, 6) is 0. The third kappa shape index (κ3) is 3.00. The Labute approximate surface area is 126 Å². The first-order valence-electron chi connectivity index (χ1n) is 6.31. The highest BCUT2D eigenvalue weighted by molar-refractivity contribution is 7.19. The molecule has 0 unspecified atom stereocenters. The minimum atomic E-state index is 0.547. The predicted molar refractivity (Wildman–Crippen MR) is 83.0 cm³/mol. The third-order valence-electron chi connectivity index (χ3n) is 3.03. The zero-order valence-electron chi connectivity index (χ0n) is 11.4. The van der Waals surface area contributed by atoms with E-state index in [1.165, 1.54) is 15.1 Å². The second kappa shape index (κ2) is 5.52. The summed E-state index contributed by atoms with van der Waals surface area (Å²) in [7, 11) is 4.04. The summed E-state index contributed by atoms with van der Waals surface area (Å²) in [6.45, 7) is 1.78. The second-order valence-corrected chi connectivity index (χ2v) is 6.48. The van der Waals surface area contributed by atoms with Crippen molar-refractivity contribution in [3.05, 3.63) is 46.2 Å². The summed E-state index contributed by atoms with van der Waals surface area (Å²) < 4.78 is 3.01. The van der Waals surface area contributed by atoms with Crippen molar-refractivity contribution in [3.8, 4) is 0 Å². The van der Waals surface area contributed by atoms with Gasteiger partial charge in [0.15, 0.2) is 0 Å². The molecule has 20 heavy (non-hydrogen) atoms. The Hall–Kier alpha value is -1.43. The Bertz CT molecular complexity index is 734. The Balaban J connectivity index is 1.72. The van der Waals surface area contributed by atoms with Gasteiger partial charge in [0.05, 0.1) is 16.4 Å². The molecule has 0 saturated heterocycles. The van der Waals surface area contributed by atoms with Gasteiger partial charge in [-0.1, -0.05) is 11.6 Å². The number of thiophene rings is 1. The zero-order chi connectivity index (χ0) is 14.1. The number of nitrogens with zero attached hydrogens (tertiary/aromatic N) is 4. The zero-order valence-corrected chi connectivity index (χ0v) is 12.9. The van der Waals surface area contributed by atoms with Gasteiger partial charge in [0, 0.05) is 36.8 Å². The van der Waals surface area contributed by atoms with E-state index in [2.05, 4.69) is 28.1 Å². The maximum Gasteiger partial charge on any atom is 0.129 e. The Morgan fingerprint density at radius 1 is 1.35 bits per heavy atom. The third-order valence-corrected chi connectivity index (χ3v) is 4.31. The van der Waals surface area contributed by atoms with Crippen LogP contribution in [0.25, 0.3) is 10.2 Å². The van der Waals surface area contributed by atoms with Crippen molar-refractivity contribution < 1.29 is 0 Å². The molecule has 0 aliphatic rings. The topological polar surface area (TPSA) is 34.0 Å². The molecule has 0 fully saturated rings. The van der Waals surface area contributed by atoms with E-state index in [-0.39, 0.29) is 0 Å². The van der Waals surface area contributed by atoms with E-state index in [0.29, 0.717) is 5.15 Å². The van der Waals surface area contributed by atoms with Crippen LogP contribution in [0.3, 0.4) is 0 Å². The fraction of sp³-hybridized carbons (Fsp3) is 0.286. The predicted octanol–water partition coefficient (Wildman–Crippen LogP) is 3.32. The number of pyridine rings is 1. The number of rotatable bonds is 4. The summed E-state index contributed by atoms with van der Waals surface area (Å²) in [6.07, 6.45) is 3.95. The molecule has 0 aliphatic heterocycles. The molecule has 0 aromatic carbocycles. The van der Waals surface area contributed by atoms with Crippen LogP contribution in [0.5, 0.6) is 0 Å². The second-order valence-electron chi connectivity index (χ2n) is 4.92. The van der Waals surface area contributed by atoms with Crippen LogP contribution < -0.4 is 0 Å². The van der Waals surface area contributed by atoms with Gasteiger partial charge < -0.3 is 0 Å². The molecule has 0 spiro atoms. The molecule has 3 aromatic rings. The van der Waals surface area contributed by atoms with Gasteiger partial charge in [0.25, 0.3) is 0 Å². The number of aromatic nitrogens is 3. The van der Waals surface area contributed by atoms with Gasteiger partial charge in [-0.2, -0.15) is 5.10 Å². The molecule has 3 aromatic heterocycles. The van der Waals surface area contributed by atoms with E-state index in [1.54, 1.807) is 11.3 Å². The lowest BCUT2D eigenvalue weighted by Gasteiger charge is -2.13. The summed E-state index contributed by atoms with van der Waals surface area (Å²) in [5, 5.41) is 4.74. The average molecular weight is 307 g/mol. The van der Waals surface area contributed by atoms with Crippen LogP contribution in [0.4, 0.5) is 0 Å². The highest BCUT2D eigenvalue weighted by Gasteiger charge is 2.08. The van der Waals surface area contributed by atoms with Crippen molar-refractivity contribution in [2.75, 3.05) is 7.05 Å². The monoisotopic (exact) mass is 306 g/mol. The molecular weight excluding hydrogens is 292 g/mol. The molecule has 3 rings (SSSR count). The molecule has 0 N–H and O–H groups in total. The Kier molecular flexibility index (Phi) is 3.74. The van der Waals surface area contributed by atoms with Crippen molar-refractivity contribution >= 4 is 33.2 Å². The van der Waals surface area contributed by atoms with Crippen molar-refractivity contribution in [2.45, 2.75) is 13.1 Å². The summed E-state index contributed by atoms with van der Waals surface area (Å²) in [4.78, 5) is 7.89. The highest BCUT2D eigenvalue weighted by atomic mass is 35.5. The van der Waals surface area contributed by atoms with Crippen LogP contribution in [-0.2, 0) is 20.1 Å². The Morgan fingerprint density at radius 2 is 2.20 bits per heavy atom. The molecule has 0 bridgehead atoms. The first kappa shape index (κ1) is 13.5. The van der Waals surface area contributed by atoms with E-state index >= 15 is 0 Å². The van der Waals surface area contributed by atoms with E-state index < -0.39 is 0 Å². The van der Waals surface area contributed by atoms with E-state index in [9.17, 15) is 0 Å². The Morgan fingerprint density at radius 3 is 2.95 bits per heavy atom. The summed E-state index contributed by atoms with van der Waals surface area (Å²) >= 11 is 7.68. The van der Waals surface area contributed by atoms with Gasteiger partial charge in [-0.15, -0.1) is 11.3 Å². The summed E-state index contributed by atoms with van der Waals surface area (Å²) in [5.41, 5.74) is 2.20. The van der Waals surface area contributed by atoms with Crippen LogP contribution >= 0.6 is 22.9 Å². The van der Waals surface area contributed by atoms with Gasteiger partial charge in [-0.05, 0) is 25.2 Å². The number of hydrogen-bond acceptors (Lipinski definition) is 4. The molecule has 0 saturated carbocycles. The first-order valence-corrected chi connectivity index (χ1v) is 7.50. The van der Waals surface area contributed by atoms with Crippen molar-refractivity contribution in [2.24, 2.45) is 7.05 Å². The largest absolute Gasteiger partial charge is 0.297 e. The molecule has 4 nitrogen and oxygen atoms in total. The van der Waals surface area contributed by atoms with Crippen molar-refractivity contribution in [3.63, 3.8) is 0 Å². The molecule has 0 amide bonds. The molecule has 104 valence electrons. The maximum absolute atomic E-state index is 5.92. The minimum Gasteiger partial charge on any atom is -0.297 e. The molecule has 3 heterocycles. The SMILES string of the molecule is CN(Cc1cnn(C)c1)Cc1cc2nc(Cl)ccc2s1. The number of hydrogen-bond donors (Lipinski definition) is 0. The van der Waals surface area contributed by atoms with Crippen LogP contribution in [0.15, 0.2) is 30.6 Å². The number of halogens is 1. The molecule has 6 heteroatoms. The first-order chi connectivity index (χ1) is 9.60. The molecule has 0 radical (unpaired) electrons.